The zero-order valence-corrected chi connectivity index (χ0v) is 19.1. The van der Waals surface area contributed by atoms with E-state index < -0.39 is 29.0 Å². The Kier molecular flexibility index (Phi) is 7.11. The summed E-state index contributed by atoms with van der Waals surface area (Å²) in [4.78, 5) is 11.7. The number of carbonyl (C=O) groups is 1. The van der Waals surface area contributed by atoms with Gasteiger partial charge in [0.15, 0.2) is 5.82 Å². The molecule has 2 aliphatic rings. The third kappa shape index (κ3) is 4.53. The zero-order valence-electron chi connectivity index (χ0n) is 19.1. The molecule has 0 aromatic heterocycles. The average molecular weight is 447 g/mol. The van der Waals surface area contributed by atoms with Crippen LogP contribution >= 0.6 is 0 Å². The maximum Gasteiger partial charge on any atom is 0.343 e. The third-order valence-electron chi connectivity index (χ3n) is 7.90. The van der Waals surface area contributed by atoms with Crippen LogP contribution in [0.25, 0.3) is 10.8 Å². The lowest BCUT2D eigenvalue weighted by molar-refractivity contribution is 0.0590. The van der Waals surface area contributed by atoms with Crippen LogP contribution in [0.1, 0.15) is 93.0 Å². The minimum Gasteiger partial charge on any atom is -0.465 e. The van der Waals surface area contributed by atoms with Crippen molar-refractivity contribution in [2.45, 2.75) is 77.0 Å². The van der Waals surface area contributed by atoms with Gasteiger partial charge < -0.3 is 4.74 Å². The Balaban J connectivity index is 1.52. The number of rotatable bonds is 6. The zero-order chi connectivity index (χ0) is 22.8. The van der Waals surface area contributed by atoms with Gasteiger partial charge in [0, 0.05) is 0 Å². The monoisotopic (exact) mass is 446 g/mol. The molecule has 0 amide bonds. The number of hydrogen-bond acceptors (Lipinski definition) is 2. The predicted molar refractivity (Wildman–Crippen MR) is 120 cm³/mol. The molecule has 0 heterocycles. The Labute approximate surface area is 188 Å². The molecule has 0 radical (unpaired) electrons. The van der Waals surface area contributed by atoms with Crippen LogP contribution in [0.4, 0.5) is 13.2 Å². The highest BCUT2D eigenvalue weighted by molar-refractivity contribution is 5.96. The standard InChI is InChI=1S/C27H33F3O2/c1-3-4-5-6-16-7-8-18-12-19(10-9-17(18)11-16)20-13-21-15-23(29)25(27(31)32-2)26(30)24(21)22(28)14-20/h13-19H,3-12H2,1-2H3/t16?,17-,18+,19?/m0/s1. The summed E-state index contributed by atoms with van der Waals surface area (Å²) in [5, 5.41) is -0.193. The van der Waals surface area contributed by atoms with Crippen LogP contribution in [0.5, 0.6) is 0 Å². The molecule has 0 aliphatic heterocycles. The highest BCUT2D eigenvalue weighted by Crippen LogP contribution is 2.49. The lowest BCUT2D eigenvalue weighted by Crippen LogP contribution is -2.30. The van der Waals surface area contributed by atoms with E-state index in [0.29, 0.717) is 5.92 Å². The fraction of sp³-hybridized carbons (Fsp3) is 0.593. The molecule has 2 aromatic carbocycles. The number of benzene rings is 2. The minimum absolute atomic E-state index is 0.157. The Hall–Kier alpha value is -2.04. The first-order chi connectivity index (χ1) is 15.4. The van der Waals surface area contributed by atoms with Gasteiger partial charge in [0.1, 0.15) is 17.2 Å². The second-order valence-corrected chi connectivity index (χ2v) is 9.84. The maximum atomic E-state index is 15.0. The SMILES string of the molecule is CCCCCC1CC[C@@H]2CC(c3cc(F)c4c(F)c(C(=O)OC)c(F)cc4c3)CC[C@H]2C1. The van der Waals surface area contributed by atoms with Crippen LogP contribution in [0.15, 0.2) is 18.2 Å². The fourth-order valence-corrected chi connectivity index (χ4v) is 6.19. The quantitative estimate of drug-likeness (QED) is 0.333. The summed E-state index contributed by atoms with van der Waals surface area (Å²) in [6.07, 6.45) is 12.3. The largest absolute Gasteiger partial charge is 0.465 e. The van der Waals surface area contributed by atoms with Crippen molar-refractivity contribution in [1.82, 2.24) is 0 Å². The summed E-state index contributed by atoms with van der Waals surface area (Å²) < 4.78 is 48.6. The van der Waals surface area contributed by atoms with Crippen molar-refractivity contribution in [3.05, 3.63) is 46.8 Å². The van der Waals surface area contributed by atoms with Gasteiger partial charge in [0.25, 0.3) is 0 Å². The number of ether oxygens (including phenoxy) is 1. The van der Waals surface area contributed by atoms with Crippen molar-refractivity contribution in [2.75, 3.05) is 7.11 Å². The number of fused-ring (bicyclic) bond motifs is 2. The molecule has 2 fully saturated rings. The molecule has 2 nitrogen and oxygen atoms in total. The second kappa shape index (κ2) is 9.84. The molecule has 0 spiro atoms. The number of methoxy groups -OCH3 is 1. The van der Waals surface area contributed by atoms with Crippen LogP contribution in [0.3, 0.4) is 0 Å². The van der Waals surface area contributed by atoms with E-state index in [4.69, 9.17) is 0 Å². The van der Waals surface area contributed by atoms with Gasteiger partial charge >= 0.3 is 5.97 Å². The third-order valence-corrected chi connectivity index (χ3v) is 7.90. The van der Waals surface area contributed by atoms with Crippen molar-refractivity contribution >= 4 is 16.7 Å². The molecule has 4 rings (SSSR count). The van der Waals surface area contributed by atoms with Gasteiger partial charge in [-0.3, -0.25) is 0 Å². The predicted octanol–water partition coefficient (Wildman–Crippen LogP) is 7.92. The van der Waals surface area contributed by atoms with Crippen molar-refractivity contribution < 1.29 is 22.7 Å². The van der Waals surface area contributed by atoms with E-state index in [2.05, 4.69) is 11.7 Å². The summed E-state index contributed by atoms with van der Waals surface area (Å²) in [5.74, 6) is -1.63. The first kappa shape index (κ1) is 23.1. The highest BCUT2D eigenvalue weighted by atomic mass is 19.1. The van der Waals surface area contributed by atoms with Gasteiger partial charge in [0.2, 0.25) is 0 Å². The number of carbonyl (C=O) groups excluding carboxylic acids is 1. The van der Waals surface area contributed by atoms with Crippen molar-refractivity contribution in [2.24, 2.45) is 17.8 Å². The van der Waals surface area contributed by atoms with Gasteiger partial charge in [-0.15, -0.1) is 0 Å². The molecule has 4 atom stereocenters. The number of esters is 1. The minimum atomic E-state index is -1.19. The van der Waals surface area contributed by atoms with Crippen LogP contribution in [0.2, 0.25) is 0 Å². The van der Waals surface area contributed by atoms with Crippen LogP contribution < -0.4 is 0 Å². The Morgan fingerprint density at radius 3 is 2.47 bits per heavy atom. The first-order valence-corrected chi connectivity index (χ1v) is 12.1. The van der Waals surface area contributed by atoms with Crippen LogP contribution in [0, 0.1) is 35.2 Å². The molecular weight excluding hydrogens is 413 g/mol. The lowest BCUT2D eigenvalue weighted by Gasteiger charge is -2.42. The summed E-state index contributed by atoms with van der Waals surface area (Å²) in [6.45, 7) is 2.24. The topological polar surface area (TPSA) is 26.3 Å². The normalized spacial score (nSPS) is 25.5. The molecule has 2 aliphatic carbocycles. The van der Waals surface area contributed by atoms with Crippen molar-refractivity contribution in [3.63, 3.8) is 0 Å². The van der Waals surface area contributed by atoms with Crippen LogP contribution in [-0.4, -0.2) is 13.1 Å². The van der Waals surface area contributed by atoms with E-state index in [1.165, 1.54) is 51.0 Å². The van der Waals surface area contributed by atoms with Gasteiger partial charge in [-0.2, -0.15) is 0 Å². The maximum absolute atomic E-state index is 15.0. The molecule has 2 aromatic rings. The molecular formula is C27H33F3O2. The summed E-state index contributed by atoms with van der Waals surface area (Å²) in [5.41, 5.74) is -0.0361. The molecule has 2 unspecified atom stereocenters. The number of halogens is 3. The molecule has 174 valence electrons. The molecule has 0 N–H and O–H groups in total. The first-order valence-electron chi connectivity index (χ1n) is 12.1. The molecule has 0 saturated heterocycles. The van der Waals surface area contributed by atoms with E-state index in [-0.39, 0.29) is 16.7 Å². The molecule has 32 heavy (non-hydrogen) atoms. The summed E-state index contributed by atoms with van der Waals surface area (Å²) in [6, 6.07) is 4.13. The summed E-state index contributed by atoms with van der Waals surface area (Å²) >= 11 is 0. The average Bonchev–Trinajstić information content (AvgIpc) is 2.78. The van der Waals surface area contributed by atoms with E-state index in [9.17, 15) is 18.0 Å². The smallest absolute Gasteiger partial charge is 0.343 e. The van der Waals surface area contributed by atoms with Crippen molar-refractivity contribution in [1.29, 1.82) is 0 Å². The second-order valence-electron chi connectivity index (χ2n) is 9.84. The van der Waals surface area contributed by atoms with E-state index in [1.54, 1.807) is 6.07 Å². The number of hydrogen-bond donors (Lipinski definition) is 0. The van der Waals surface area contributed by atoms with Gasteiger partial charge in [-0.25, -0.2) is 18.0 Å². The Bertz CT molecular complexity index is 987. The molecule has 0 bridgehead atoms. The van der Waals surface area contributed by atoms with E-state index >= 15 is 0 Å². The van der Waals surface area contributed by atoms with E-state index in [0.717, 1.165) is 49.8 Å². The Morgan fingerprint density at radius 2 is 1.72 bits per heavy atom. The fourth-order valence-electron chi connectivity index (χ4n) is 6.19. The molecule has 2 saturated carbocycles. The van der Waals surface area contributed by atoms with E-state index in [1.807, 2.05) is 0 Å². The van der Waals surface area contributed by atoms with Gasteiger partial charge in [-0.1, -0.05) is 45.1 Å². The van der Waals surface area contributed by atoms with Gasteiger partial charge in [0.05, 0.1) is 12.5 Å². The molecule has 5 heteroatoms. The highest BCUT2D eigenvalue weighted by Gasteiger charge is 2.36. The number of unbranched alkanes of at least 4 members (excludes halogenated alkanes) is 2. The van der Waals surface area contributed by atoms with Crippen LogP contribution in [-0.2, 0) is 4.74 Å². The Morgan fingerprint density at radius 1 is 0.969 bits per heavy atom. The lowest BCUT2D eigenvalue weighted by atomic mass is 9.63. The summed E-state index contributed by atoms with van der Waals surface area (Å²) in [7, 11) is 1.04. The van der Waals surface area contributed by atoms with Crippen molar-refractivity contribution in [3.8, 4) is 0 Å². The van der Waals surface area contributed by atoms with Gasteiger partial charge in [-0.05, 0) is 78.9 Å².